The second-order valence-electron chi connectivity index (χ2n) is 6.32. The molecule has 0 aliphatic heterocycles. The monoisotopic (exact) mass is 392 g/mol. The summed E-state index contributed by atoms with van der Waals surface area (Å²) >= 11 is 0. The number of nitrogens with zero attached hydrogens (tertiary/aromatic N) is 2. The van der Waals surface area contributed by atoms with Gasteiger partial charge in [-0.2, -0.15) is 5.10 Å². The number of nitrogens with one attached hydrogen (secondary N) is 2. The lowest BCUT2D eigenvalue weighted by atomic mass is 10.2. The molecule has 0 aliphatic rings. The number of aromatic nitrogens is 2. The Kier molecular flexibility index (Phi) is 6.03. The van der Waals surface area contributed by atoms with Gasteiger partial charge in [-0.05, 0) is 55.5 Å². The topological polar surface area (TPSA) is 102 Å². The second-order valence-corrected chi connectivity index (χ2v) is 6.32. The minimum atomic E-state index is -0.601. The molecule has 0 fully saturated rings. The lowest BCUT2D eigenvalue weighted by Gasteiger charge is -2.09. The van der Waals surface area contributed by atoms with E-state index in [2.05, 4.69) is 15.7 Å². The number of ether oxygens (including phenoxy) is 1. The van der Waals surface area contributed by atoms with Gasteiger partial charge in [-0.15, -0.1) is 0 Å². The van der Waals surface area contributed by atoms with E-state index in [1.54, 1.807) is 59.4 Å². The molecule has 0 spiro atoms. The predicted molar refractivity (Wildman–Crippen MR) is 108 cm³/mol. The van der Waals surface area contributed by atoms with E-state index in [4.69, 9.17) is 4.74 Å². The van der Waals surface area contributed by atoms with Crippen molar-refractivity contribution in [2.24, 2.45) is 0 Å². The van der Waals surface area contributed by atoms with E-state index in [1.807, 2.05) is 13.0 Å². The van der Waals surface area contributed by atoms with Gasteiger partial charge in [0.05, 0.1) is 11.3 Å². The summed E-state index contributed by atoms with van der Waals surface area (Å²) in [4.78, 5) is 35.3. The highest BCUT2D eigenvalue weighted by atomic mass is 16.5. The number of rotatable bonds is 6. The Bertz CT molecular complexity index is 1040. The van der Waals surface area contributed by atoms with Crippen LogP contribution in [0.15, 0.2) is 60.8 Å². The third-order valence-corrected chi connectivity index (χ3v) is 3.98. The van der Waals surface area contributed by atoms with Crippen LogP contribution in [0.4, 0.5) is 11.4 Å². The number of carbonyl (C=O) groups excluding carboxylic acids is 3. The third-order valence-electron chi connectivity index (χ3n) is 3.98. The average Bonchev–Trinajstić information content (AvgIpc) is 3.12. The van der Waals surface area contributed by atoms with Crippen LogP contribution in [-0.4, -0.2) is 34.2 Å². The zero-order valence-corrected chi connectivity index (χ0v) is 16.0. The van der Waals surface area contributed by atoms with Crippen LogP contribution >= 0.6 is 0 Å². The molecule has 0 atom stereocenters. The fraction of sp³-hybridized carbons (Fsp3) is 0.143. The summed E-state index contributed by atoms with van der Waals surface area (Å²) in [5.41, 5.74) is 3.16. The van der Waals surface area contributed by atoms with Gasteiger partial charge in [0.25, 0.3) is 5.91 Å². The lowest BCUT2D eigenvalue weighted by molar-refractivity contribution is -0.119. The first-order valence-corrected chi connectivity index (χ1v) is 8.88. The molecular formula is C21H20N4O4. The molecule has 2 aromatic carbocycles. The highest BCUT2D eigenvalue weighted by Gasteiger charge is 2.11. The first-order valence-electron chi connectivity index (χ1n) is 8.88. The highest BCUT2D eigenvalue weighted by Crippen LogP contribution is 2.15. The Balaban J connectivity index is 1.54. The van der Waals surface area contributed by atoms with E-state index in [9.17, 15) is 14.4 Å². The molecule has 0 saturated heterocycles. The van der Waals surface area contributed by atoms with Gasteiger partial charge in [0, 0.05) is 30.2 Å². The molecule has 2 N–H and O–H groups in total. The van der Waals surface area contributed by atoms with Gasteiger partial charge in [0.2, 0.25) is 5.91 Å². The average molecular weight is 392 g/mol. The van der Waals surface area contributed by atoms with Crippen molar-refractivity contribution < 1.29 is 19.1 Å². The maximum atomic E-state index is 12.2. The molecule has 1 heterocycles. The standard InChI is InChI=1S/C21H20N4O4/c1-14-10-11-22-25(14)19-8-6-16(7-9-19)21(28)29-13-20(27)24-18-5-3-4-17(12-18)23-15(2)26/h3-12H,13H2,1-2H3,(H,23,26)(H,24,27). The number of carbonyl (C=O) groups is 3. The molecule has 0 radical (unpaired) electrons. The summed E-state index contributed by atoms with van der Waals surface area (Å²) in [5, 5.41) is 9.45. The number of amides is 2. The van der Waals surface area contributed by atoms with E-state index >= 15 is 0 Å². The van der Waals surface area contributed by atoms with Crippen LogP contribution in [0.2, 0.25) is 0 Å². The van der Waals surface area contributed by atoms with Crippen LogP contribution in [0, 0.1) is 6.92 Å². The second kappa shape index (κ2) is 8.83. The van der Waals surface area contributed by atoms with Gasteiger partial charge in [-0.1, -0.05) is 6.07 Å². The van der Waals surface area contributed by atoms with Crippen molar-refractivity contribution in [2.75, 3.05) is 17.2 Å². The minimum absolute atomic E-state index is 0.212. The molecular weight excluding hydrogens is 372 g/mol. The summed E-state index contributed by atoms with van der Waals surface area (Å²) in [6.07, 6.45) is 1.70. The minimum Gasteiger partial charge on any atom is -0.452 e. The zero-order chi connectivity index (χ0) is 20.8. The molecule has 3 aromatic rings. The number of esters is 1. The number of anilines is 2. The Morgan fingerprint density at radius 3 is 2.31 bits per heavy atom. The molecule has 1 aromatic heterocycles. The van der Waals surface area contributed by atoms with Gasteiger partial charge in [0.15, 0.2) is 6.61 Å². The Labute approximate surface area is 167 Å². The van der Waals surface area contributed by atoms with Crippen molar-refractivity contribution in [3.63, 3.8) is 0 Å². The molecule has 29 heavy (non-hydrogen) atoms. The fourth-order valence-corrected chi connectivity index (χ4v) is 2.67. The van der Waals surface area contributed by atoms with E-state index < -0.39 is 18.5 Å². The van der Waals surface area contributed by atoms with Crippen molar-refractivity contribution in [1.29, 1.82) is 0 Å². The Hall–Kier alpha value is -3.94. The SMILES string of the molecule is CC(=O)Nc1cccc(NC(=O)COC(=O)c2ccc(-n3nccc3C)cc2)c1. The van der Waals surface area contributed by atoms with Crippen LogP contribution in [0.1, 0.15) is 23.0 Å². The van der Waals surface area contributed by atoms with Crippen molar-refractivity contribution in [3.8, 4) is 5.69 Å². The largest absolute Gasteiger partial charge is 0.452 e. The van der Waals surface area contributed by atoms with Gasteiger partial charge in [0.1, 0.15) is 0 Å². The summed E-state index contributed by atoms with van der Waals surface area (Å²) in [6.45, 7) is 2.90. The maximum absolute atomic E-state index is 12.2. The van der Waals surface area contributed by atoms with Gasteiger partial charge >= 0.3 is 5.97 Å². The first kappa shape index (κ1) is 19.8. The number of benzene rings is 2. The van der Waals surface area contributed by atoms with Crippen molar-refractivity contribution in [1.82, 2.24) is 9.78 Å². The van der Waals surface area contributed by atoms with Gasteiger partial charge in [-0.3, -0.25) is 9.59 Å². The van der Waals surface area contributed by atoms with E-state index in [0.29, 0.717) is 16.9 Å². The van der Waals surface area contributed by atoms with Crippen LogP contribution < -0.4 is 10.6 Å². The van der Waals surface area contributed by atoms with E-state index in [-0.39, 0.29) is 5.91 Å². The lowest BCUT2D eigenvalue weighted by Crippen LogP contribution is -2.21. The van der Waals surface area contributed by atoms with Crippen LogP contribution in [-0.2, 0) is 14.3 Å². The molecule has 2 amide bonds. The molecule has 8 nitrogen and oxygen atoms in total. The van der Waals surface area contributed by atoms with Crippen molar-refractivity contribution in [3.05, 3.63) is 72.1 Å². The number of aryl methyl sites for hydroxylation is 1. The summed E-state index contributed by atoms with van der Waals surface area (Å²) in [5.74, 6) is -1.30. The molecule has 8 heteroatoms. The summed E-state index contributed by atoms with van der Waals surface area (Å²) in [6, 6.07) is 15.3. The smallest absolute Gasteiger partial charge is 0.338 e. The number of hydrogen-bond donors (Lipinski definition) is 2. The van der Waals surface area contributed by atoms with Crippen LogP contribution in [0.25, 0.3) is 5.69 Å². The summed E-state index contributed by atoms with van der Waals surface area (Å²) in [7, 11) is 0. The Morgan fingerprint density at radius 2 is 1.69 bits per heavy atom. The first-order chi connectivity index (χ1) is 13.9. The predicted octanol–water partition coefficient (Wildman–Crippen LogP) is 2.93. The van der Waals surface area contributed by atoms with Gasteiger partial charge < -0.3 is 15.4 Å². The maximum Gasteiger partial charge on any atom is 0.338 e. The van der Waals surface area contributed by atoms with Crippen molar-refractivity contribution >= 4 is 29.2 Å². The Morgan fingerprint density at radius 1 is 1.00 bits per heavy atom. The number of hydrogen-bond acceptors (Lipinski definition) is 5. The van der Waals surface area contributed by atoms with E-state index in [0.717, 1.165) is 11.4 Å². The van der Waals surface area contributed by atoms with Crippen LogP contribution in [0.5, 0.6) is 0 Å². The normalized spacial score (nSPS) is 10.3. The molecule has 0 bridgehead atoms. The van der Waals surface area contributed by atoms with Crippen molar-refractivity contribution in [2.45, 2.75) is 13.8 Å². The zero-order valence-electron chi connectivity index (χ0n) is 16.0. The van der Waals surface area contributed by atoms with Gasteiger partial charge in [-0.25, -0.2) is 9.48 Å². The molecule has 148 valence electrons. The fourth-order valence-electron chi connectivity index (χ4n) is 2.67. The third kappa shape index (κ3) is 5.29. The van der Waals surface area contributed by atoms with E-state index in [1.165, 1.54) is 6.92 Å². The molecule has 0 saturated carbocycles. The van der Waals surface area contributed by atoms with Crippen LogP contribution in [0.3, 0.4) is 0 Å². The quantitative estimate of drug-likeness (QED) is 0.628. The molecule has 3 rings (SSSR count). The summed E-state index contributed by atoms with van der Waals surface area (Å²) < 4.78 is 6.82. The molecule has 0 unspecified atom stereocenters. The highest BCUT2D eigenvalue weighted by molar-refractivity contribution is 5.96. The molecule has 0 aliphatic carbocycles.